The predicted octanol–water partition coefficient (Wildman–Crippen LogP) is 3.84. The smallest absolute Gasteiger partial charge is 0.224 e. The van der Waals surface area contributed by atoms with Gasteiger partial charge in [-0.2, -0.15) is 5.10 Å². The lowest BCUT2D eigenvalue weighted by molar-refractivity contribution is -0.116. The molecule has 0 aliphatic carbocycles. The van der Waals surface area contributed by atoms with E-state index in [1.165, 1.54) is 0 Å². The van der Waals surface area contributed by atoms with Crippen LogP contribution in [0, 0.1) is 0 Å². The number of nitrogens with zero attached hydrogens (tertiary/aromatic N) is 7. The molecule has 0 spiro atoms. The van der Waals surface area contributed by atoms with E-state index in [9.17, 15) is 4.79 Å². The Balaban J connectivity index is 1.33. The van der Waals surface area contributed by atoms with Crippen molar-refractivity contribution in [3.8, 4) is 22.8 Å². The quantitative estimate of drug-likeness (QED) is 0.301. The fourth-order valence-corrected chi connectivity index (χ4v) is 4.74. The average Bonchev–Trinajstić information content (AvgIpc) is 3.56. The molecule has 6 heterocycles. The van der Waals surface area contributed by atoms with Crippen molar-refractivity contribution >= 4 is 39.3 Å². The summed E-state index contributed by atoms with van der Waals surface area (Å²) >= 11 is 0. The lowest BCUT2D eigenvalue weighted by Crippen LogP contribution is -2.44. The number of fused-ring (bicyclic) bond motifs is 2. The number of carbonyl (C=O) groups excluding carboxylic acids is 1. The number of hydrogen-bond donors (Lipinski definition) is 3. The molecule has 11 heteroatoms. The van der Waals surface area contributed by atoms with Crippen molar-refractivity contribution in [2.45, 2.75) is 26.2 Å². The van der Waals surface area contributed by atoms with Gasteiger partial charge in [0.2, 0.25) is 5.91 Å². The standard InChI is InChI=1S/C27H30N10O/c1-3-4-5-23(38)30-18-12-17(13-28-14-18)19-6-7-20-25(31-19)26(35-34-20)27-32-21-15-29-16-22(24(21)33-27)37-10-8-36(2)9-11-37/h6-7,12-16H,3-5,8-11H2,1-2H3,(H,30,38)(H,32,33)(H,34,35). The van der Waals surface area contributed by atoms with E-state index in [-0.39, 0.29) is 5.91 Å². The summed E-state index contributed by atoms with van der Waals surface area (Å²) in [4.78, 5) is 38.9. The number of likely N-dealkylation sites (N-methyl/N-ethyl adjacent to an activating group) is 1. The van der Waals surface area contributed by atoms with Crippen LogP contribution in [0.1, 0.15) is 26.2 Å². The van der Waals surface area contributed by atoms with E-state index >= 15 is 0 Å². The monoisotopic (exact) mass is 510 g/mol. The molecule has 1 aliphatic heterocycles. The molecule has 0 radical (unpaired) electrons. The molecule has 194 valence electrons. The highest BCUT2D eigenvalue weighted by atomic mass is 16.1. The zero-order valence-electron chi connectivity index (χ0n) is 21.5. The van der Waals surface area contributed by atoms with Gasteiger partial charge in [0.1, 0.15) is 11.0 Å². The number of pyridine rings is 3. The summed E-state index contributed by atoms with van der Waals surface area (Å²) in [6.07, 6.45) is 9.40. The number of amides is 1. The Morgan fingerprint density at radius 3 is 2.68 bits per heavy atom. The molecule has 1 amide bonds. The van der Waals surface area contributed by atoms with Crippen LogP contribution in [0.2, 0.25) is 0 Å². The maximum atomic E-state index is 12.2. The van der Waals surface area contributed by atoms with Gasteiger partial charge in [0.05, 0.1) is 46.7 Å². The molecule has 0 atom stereocenters. The summed E-state index contributed by atoms with van der Waals surface area (Å²) < 4.78 is 0. The van der Waals surface area contributed by atoms with E-state index in [0.29, 0.717) is 29.1 Å². The summed E-state index contributed by atoms with van der Waals surface area (Å²) in [6, 6.07) is 5.75. The molecule has 0 bridgehead atoms. The van der Waals surface area contributed by atoms with E-state index in [2.05, 4.69) is 54.2 Å². The number of unbranched alkanes of at least 4 members (excludes halogenated alkanes) is 1. The zero-order chi connectivity index (χ0) is 26.1. The van der Waals surface area contributed by atoms with Crippen LogP contribution in [0.5, 0.6) is 0 Å². The Bertz CT molecular complexity index is 1600. The summed E-state index contributed by atoms with van der Waals surface area (Å²) in [7, 11) is 2.14. The molecule has 5 aromatic heterocycles. The molecule has 1 saturated heterocycles. The van der Waals surface area contributed by atoms with Crippen LogP contribution in [0.25, 0.3) is 44.8 Å². The van der Waals surface area contributed by atoms with Crippen molar-refractivity contribution in [2.24, 2.45) is 0 Å². The number of carbonyl (C=O) groups is 1. The first kappa shape index (κ1) is 24.0. The molecule has 1 aliphatic rings. The fourth-order valence-electron chi connectivity index (χ4n) is 4.74. The second-order valence-electron chi connectivity index (χ2n) is 9.71. The third-order valence-electron chi connectivity index (χ3n) is 6.93. The number of imidazole rings is 1. The summed E-state index contributed by atoms with van der Waals surface area (Å²) in [5.41, 5.74) is 7.09. The first-order valence-corrected chi connectivity index (χ1v) is 13.0. The van der Waals surface area contributed by atoms with Gasteiger partial charge in [-0.15, -0.1) is 0 Å². The van der Waals surface area contributed by atoms with Crippen molar-refractivity contribution < 1.29 is 4.79 Å². The SMILES string of the molecule is CCCCC(=O)Nc1cncc(-c2ccc3[nH]nc(-c4nc5c(N6CCN(C)CC6)cncc5[nH]4)c3n2)c1. The van der Waals surface area contributed by atoms with Crippen molar-refractivity contribution in [3.05, 3.63) is 43.0 Å². The van der Waals surface area contributed by atoms with Crippen LogP contribution >= 0.6 is 0 Å². The fraction of sp³-hybridized carbons (Fsp3) is 0.333. The Morgan fingerprint density at radius 2 is 1.84 bits per heavy atom. The molecule has 3 N–H and O–H groups in total. The van der Waals surface area contributed by atoms with Crippen LogP contribution < -0.4 is 10.2 Å². The van der Waals surface area contributed by atoms with Crippen LogP contribution in [0.15, 0.2) is 43.0 Å². The normalized spacial score (nSPS) is 14.4. The highest BCUT2D eigenvalue weighted by Gasteiger charge is 2.21. The third kappa shape index (κ3) is 4.68. The van der Waals surface area contributed by atoms with Crippen molar-refractivity contribution in [1.29, 1.82) is 0 Å². The Kier molecular flexibility index (Phi) is 6.42. The van der Waals surface area contributed by atoms with Crippen molar-refractivity contribution in [3.63, 3.8) is 0 Å². The maximum absolute atomic E-state index is 12.2. The molecule has 38 heavy (non-hydrogen) atoms. The molecular weight excluding hydrogens is 480 g/mol. The molecule has 5 aromatic rings. The number of hydrogen-bond acceptors (Lipinski definition) is 8. The van der Waals surface area contributed by atoms with Gasteiger partial charge >= 0.3 is 0 Å². The lowest BCUT2D eigenvalue weighted by atomic mass is 10.1. The second kappa shape index (κ2) is 10.2. The number of nitrogens with one attached hydrogen (secondary N) is 3. The molecule has 11 nitrogen and oxygen atoms in total. The van der Waals surface area contributed by atoms with Crippen molar-refractivity contribution in [2.75, 3.05) is 43.4 Å². The minimum Gasteiger partial charge on any atom is -0.366 e. The van der Waals surface area contributed by atoms with Gasteiger partial charge in [0, 0.05) is 44.4 Å². The van der Waals surface area contributed by atoms with Crippen LogP contribution in [0.4, 0.5) is 11.4 Å². The van der Waals surface area contributed by atoms with E-state index in [1.54, 1.807) is 18.6 Å². The van der Waals surface area contributed by atoms with Crippen molar-refractivity contribution in [1.82, 2.24) is 40.0 Å². The lowest BCUT2D eigenvalue weighted by Gasteiger charge is -2.33. The van der Waals surface area contributed by atoms with Crippen LogP contribution in [0.3, 0.4) is 0 Å². The summed E-state index contributed by atoms with van der Waals surface area (Å²) in [5.74, 6) is 0.621. The number of aromatic amines is 2. The molecule has 6 rings (SSSR count). The van der Waals surface area contributed by atoms with Gasteiger partial charge in [-0.1, -0.05) is 13.3 Å². The first-order chi connectivity index (χ1) is 18.6. The number of anilines is 2. The molecule has 0 saturated carbocycles. The number of piperazine rings is 1. The summed E-state index contributed by atoms with van der Waals surface area (Å²) in [5, 5.41) is 10.5. The zero-order valence-corrected chi connectivity index (χ0v) is 21.5. The van der Waals surface area contributed by atoms with Gasteiger partial charge in [0.15, 0.2) is 11.5 Å². The number of rotatable bonds is 7. The summed E-state index contributed by atoms with van der Waals surface area (Å²) in [6.45, 7) is 5.94. The minimum atomic E-state index is -0.0124. The van der Waals surface area contributed by atoms with Crippen LogP contribution in [-0.2, 0) is 4.79 Å². The maximum Gasteiger partial charge on any atom is 0.224 e. The minimum absolute atomic E-state index is 0.0124. The number of H-pyrrole nitrogens is 2. The van der Waals surface area contributed by atoms with E-state index in [4.69, 9.17) is 9.97 Å². The Labute approximate surface area is 219 Å². The van der Waals surface area contributed by atoms with E-state index < -0.39 is 0 Å². The average molecular weight is 511 g/mol. The second-order valence-corrected chi connectivity index (χ2v) is 9.71. The Hall–Kier alpha value is -4.38. The van der Waals surface area contributed by atoms with Crippen LogP contribution in [-0.4, -0.2) is 79.2 Å². The van der Waals surface area contributed by atoms with E-state index in [1.807, 2.05) is 24.4 Å². The highest BCUT2D eigenvalue weighted by Crippen LogP contribution is 2.31. The predicted molar refractivity (Wildman–Crippen MR) is 148 cm³/mol. The largest absolute Gasteiger partial charge is 0.366 e. The molecule has 0 unspecified atom stereocenters. The first-order valence-electron chi connectivity index (χ1n) is 13.0. The topological polar surface area (TPSA) is 132 Å². The van der Waals surface area contributed by atoms with Gasteiger partial charge in [0.25, 0.3) is 0 Å². The third-order valence-corrected chi connectivity index (χ3v) is 6.93. The highest BCUT2D eigenvalue weighted by molar-refractivity contribution is 5.95. The molecular formula is C27H30N10O. The van der Waals surface area contributed by atoms with Gasteiger partial charge in [-0.05, 0) is 31.7 Å². The van der Waals surface area contributed by atoms with Gasteiger partial charge in [-0.3, -0.25) is 19.9 Å². The molecule has 1 fully saturated rings. The van der Waals surface area contributed by atoms with E-state index in [0.717, 1.165) is 72.5 Å². The number of aromatic nitrogens is 7. The van der Waals surface area contributed by atoms with Gasteiger partial charge < -0.3 is 20.1 Å². The Morgan fingerprint density at radius 1 is 1.00 bits per heavy atom. The van der Waals surface area contributed by atoms with Gasteiger partial charge in [-0.25, -0.2) is 9.97 Å². The molecule has 0 aromatic carbocycles.